The van der Waals surface area contributed by atoms with E-state index in [9.17, 15) is 19.2 Å². The summed E-state index contributed by atoms with van der Waals surface area (Å²) in [6.45, 7) is 5.05. The number of rotatable bonds is 9. The molecule has 178 valence electrons. The minimum absolute atomic E-state index is 0.0700. The normalized spacial score (nSPS) is 23.6. The van der Waals surface area contributed by atoms with Crippen LogP contribution in [0.4, 0.5) is 5.69 Å². The first kappa shape index (κ1) is 23.3. The van der Waals surface area contributed by atoms with Crippen LogP contribution in [0.5, 0.6) is 0 Å². The number of fused-ring (bicyclic) bond motifs is 1. The average Bonchev–Trinajstić information content (AvgIpc) is 3.07. The van der Waals surface area contributed by atoms with Crippen molar-refractivity contribution in [2.24, 2.45) is 5.73 Å². The van der Waals surface area contributed by atoms with Gasteiger partial charge in [-0.2, -0.15) is 0 Å². The summed E-state index contributed by atoms with van der Waals surface area (Å²) in [6.07, 6.45) is 0.284. The number of carbonyl (C=O) groups is 4. The van der Waals surface area contributed by atoms with Crippen molar-refractivity contribution in [3.63, 3.8) is 0 Å². The van der Waals surface area contributed by atoms with Crippen LogP contribution in [0, 0.1) is 0 Å². The number of nitrogens with zero attached hydrogens (tertiary/aromatic N) is 2. The Morgan fingerprint density at radius 1 is 1.18 bits per heavy atom. The predicted octanol–water partition coefficient (Wildman–Crippen LogP) is -0.824. The van der Waals surface area contributed by atoms with E-state index in [-0.39, 0.29) is 30.1 Å². The third kappa shape index (κ3) is 5.06. The van der Waals surface area contributed by atoms with Gasteiger partial charge in [-0.05, 0) is 18.6 Å². The zero-order valence-corrected chi connectivity index (χ0v) is 18.4. The number of amides is 4. The topological polar surface area (TPSA) is 143 Å². The largest absolute Gasteiger partial charge is 0.382 e. The quantitative estimate of drug-likeness (QED) is 0.319. The number of nitrogens with two attached hydrogens (primary N) is 1. The molecule has 11 heteroatoms. The van der Waals surface area contributed by atoms with Crippen molar-refractivity contribution in [1.29, 1.82) is 0 Å². The maximum absolute atomic E-state index is 13.1. The van der Waals surface area contributed by atoms with Crippen LogP contribution < -0.4 is 16.4 Å². The summed E-state index contributed by atoms with van der Waals surface area (Å²) >= 11 is 0. The third-order valence-electron chi connectivity index (χ3n) is 6.07. The second-order valence-corrected chi connectivity index (χ2v) is 8.24. The molecule has 2 saturated heterocycles. The number of carbonyl (C=O) groups excluding carboxylic acids is 4. The van der Waals surface area contributed by atoms with Gasteiger partial charge in [0.2, 0.25) is 11.8 Å². The number of benzene rings is 1. The number of ether oxygens (including phenoxy) is 2. The molecule has 3 heterocycles. The van der Waals surface area contributed by atoms with E-state index in [4.69, 9.17) is 15.2 Å². The van der Waals surface area contributed by atoms with Crippen LogP contribution in [0.2, 0.25) is 0 Å². The first-order valence-electron chi connectivity index (χ1n) is 11.2. The molecular formula is C22H29N5O6. The summed E-state index contributed by atoms with van der Waals surface area (Å²) in [7, 11) is 0. The van der Waals surface area contributed by atoms with Gasteiger partial charge in [0, 0.05) is 44.8 Å². The van der Waals surface area contributed by atoms with E-state index >= 15 is 0 Å². The molecule has 4 amide bonds. The van der Waals surface area contributed by atoms with E-state index in [1.54, 1.807) is 18.2 Å². The van der Waals surface area contributed by atoms with Gasteiger partial charge in [0.05, 0.1) is 37.1 Å². The van der Waals surface area contributed by atoms with E-state index in [2.05, 4.69) is 15.5 Å². The Hall–Kier alpha value is -2.86. The SMILES string of the molecule is NCC1CN(CCOCCNc2cccc3c2C(=O)N(C2CCC(=O)NC2=O)C3=O)CCO1. The van der Waals surface area contributed by atoms with Gasteiger partial charge in [0.1, 0.15) is 6.04 Å². The minimum atomic E-state index is -0.981. The Morgan fingerprint density at radius 2 is 2.03 bits per heavy atom. The summed E-state index contributed by atoms with van der Waals surface area (Å²) in [5.74, 6) is -2.08. The second kappa shape index (κ2) is 10.4. The molecule has 11 nitrogen and oxygen atoms in total. The molecule has 0 aliphatic carbocycles. The molecule has 0 aromatic heterocycles. The van der Waals surface area contributed by atoms with Crippen molar-refractivity contribution in [1.82, 2.24) is 15.1 Å². The molecular weight excluding hydrogens is 430 g/mol. The number of hydrogen-bond acceptors (Lipinski definition) is 9. The number of imide groups is 2. The van der Waals surface area contributed by atoms with Gasteiger partial charge < -0.3 is 20.5 Å². The highest BCUT2D eigenvalue weighted by Crippen LogP contribution is 2.32. The van der Waals surface area contributed by atoms with Crippen LogP contribution in [0.1, 0.15) is 33.6 Å². The van der Waals surface area contributed by atoms with E-state index in [0.29, 0.717) is 38.6 Å². The summed E-state index contributed by atoms with van der Waals surface area (Å²) in [4.78, 5) is 52.8. The lowest BCUT2D eigenvalue weighted by Gasteiger charge is -2.32. The van der Waals surface area contributed by atoms with Gasteiger partial charge in [-0.15, -0.1) is 0 Å². The van der Waals surface area contributed by atoms with Crippen molar-refractivity contribution in [2.75, 3.05) is 57.9 Å². The van der Waals surface area contributed by atoms with Gasteiger partial charge in [-0.1, -0.05) is 6.07 Å². The van der Waals surface area contributed by atoms with E-state index in [0.717, 1.165) is 24.5 Å². The lowest BCUT2D eigenvalue weighted by Crippen LogP contribution is -2.54. The maximum atomic E-state index is 13.1. The van der Waals surface area contributed by atoms with E-state index in [1.165, 1.54) is 0 Å². The summed E-state index contributed by atoms with van der Waals surface area (Å²) in [6, 6.07) is 4.00. The Labute approximate surface area is 191 Å². The lowest BCUT2D eigenvalue weighted by molar-refractivity contribution is -0.136. The predicted molar refractivity (Wildman–Crippen MR) is 118 cm³/mol. The van der Waals surface area contributed by atoms with Gasteiger partial charge in [-0.25, -0.2) is 0 Å². The molecule has 0 bridgehead atoms. The number of nitrogens with one attached hydrogen (secondary N) is 2. The third-order valence-corrected chi connectivity index (χ3v) is 6.07. The van der Waals surface area contributed by atoms with Crippen molar-refractivity contribution < 1.29 is 28.7 Å². The van der Waals surface area contributed by atoms with Crippen LogP contribution in [-0.2, 0) is 19.1 Å². The summed E-state index contributed by atoms with van der Waals surface area (Å²) < 4.78 is 11.3. The first-order chi connectivity index (χ1) is 16.0. The molecule has 3 aliphatic heterocycles. The van der Waals surface area contributed by atoms with Crippen molar-refractivity contribution in [2.45, 2.75) is 25.0 Å². The maximum Gasteiger partial charge on any atom is 0.264 e. The van der Waals surface area contributed by atoms with Crippen LogP contribution >= 0.6 is 0 Å². The number of morpholine rings is 1. The molecule has 2 unspecified atom stereocenters. The zero-order chi connectivity index (χ0) is 23.4. The highest BCUT2D eigenvalue weighted by atomic mass is 16.5. The molecule has 2 atom stereocenters. The van der Waals surface area contributed by atoms with E-state index in [1.807, 2.05) is 0 Å². The van der Waals surface area contributed by atoms with Crippen LogP contribution in [-0.4, -0.2) is 98.1 Å². The fourth-order valence-corrected chi connectivity index (χ4v) is 4.34. The smallest absolute Gasteiger partial charge is 0.264 e. The van der Waals surface area contributed by atoms with Crippen LogP contribution in [0.15, 0.2) is 18.2 Å². The summed E-state index contributed by atoms with van der Waals surface area (Å²) in [5.41, 5.74) is 6.67. The van der Waals surface area contributed by atoms with Gasteiger partial charge in [-0.3, -0.25) is 34.3 Å². The fraction of sp³-hybridized carbons (Fsp3) is 0.545. The molecule has 0 radical (unpaired) electrons. The van der Waals surface area contributed by atoms with Gasteiger partial charge >= 0.3 is 0 Å². The molecule has 0 saturated carbocycles. The molecule has 2 fully saturated rings. The molecule has 4 rings (SSSR count). The zero-order valence-electron chi connectivity index (χ0n) is 18.4. The molecule has 3 aliphatic rings. The summed E-state index contributed by atoms with van der Waals surface area (Å²) in [5, 5.41) is 5.36. The minimum Gasteiger partial charge on any atom is -0.382 e. The Kier molecular flexibility index (Phi) is 7.33. The Morgan fingerprint density at radius 3 is 2.82 bits per heavy atom. The first-order valence-corrected chi connectivity index (χ1v) is 11.2. The number of hydrogen-bond donors (Lipinski definition) is 3. The monoisotopic (exact) mass is 459 g/mol. The lowest BCUT2D eigenvalue weighted by atomic mass is 10.0. The van der Waals surface area contributed by atoms with Crippen molar-refractivity contribution in [3.05, 3.63) is 29.3 Å². The van der Waals surface area contributed by atoms with Crippen LogP contribution in [0.25, 0.3) is 0 Å². The molecule has 1 aromatic rings. The van der Waals surface area contributed by atoms with E-state index < -0.39 is 29.7 Å². The van der Waals surface area contributed by atoms with Gasteiger partial charge in [0.15, 0.2) is 0 Å². The van der Waals surface area contributed by atoms with Crippen molar-refractivity contribution >= 4 is 29.3 Å². The average molecular weight is 460 g/mol. The fourth-order valence-electron chi connectivity index (χ4n) is 4.34. The Bertz CT molecular complexity index is 938. The Balaban J connectivity index is 1.29. The molecule has 1 aromatic carbocycles. The number of anilines is 1. The van der Waals surface area contributed by atoms with Crippen LogP contribution in [0.3, 0.4) is 0 Å². The highest BCUT2D eigenvalue weighted by Gasteiger charge is 2.45. The molecule has 33 heavy (non-hydrogen) atoms. The standard InChI is InChI=1S/C22H29N5O6/c23-12-14-13-26(8-11-33-14)7-10-32-9-6-24-16-3-1-2-15-19(16)22(31)27(21(15)30)17-4-5-18(28)25-20(17)29/h1-3,14,17,24H,4-13,23H2,(H,25,28,29). The van der Waals surface area contributed by atoms with Crippen molar-refractivity contribution in [3.8, 4) is 0 Å². The molecule has 0 spiro atoms. The number of piperidine rings is 1. The highest BCUT2D eigenvalue weighted by molar-refractivity contribution is 6.25. The van der Waals surface area contributed by atoms with Gasteiger partial charge in [0.25, 0.3) is 11.8 Å². The molecule has 4 N–H and O–H groups in total. The second-order valence-electron chi connectivity index (χ2n) is 8.24.